The average Bonchev–Trinajstić information content (AvgIpc) is 3.14. The Kier molecular flexibility index (Phi) is 4.78. The molecule has 1 aliphatic heterocycles. The first-order chi connectivity index (χ1) is 10.9. The number of aromatic nitrogens is 2. The minimum atomic E-state index is -3.62. The van der Waals surface area contributed by atoms with E-state index in [1.54, 1.807) is 36.2 Å². The molecule has 7 nitrogen and oxygen atoms in total. The van der Waals surface area contributed by atoms with E-state index in [4.69, 9.17) is 9.47 Å². The van der Waals surface area contributed by atoms with Crippen molar-refractivity contribution in [1.82, 2.24) is 13.9 Å². The largest absolute Gasteiger partial charge is 0.381 e. The van der Waals surface area contributed by atoms with Gasteiger partial charge in [-0.1, -0.05) is 6.42 Å². The molecule has 1 aromatic rings. The zero-order valence-corrected chi connectivity index (χ0v) is 14.8. The van der Waals surface area contributed by atoms with E-state index < -0.39 is 10.0 Å². The number of ether oxygens (including phenoxy) is 2. The van der Waals surface area contributed by atoms with Gasteiger partial charge in [-0.05, 0) is 19.8 Å². The number of nitrogens with zero attached hydrogens (tertiary/aromatic N) is 3. The standard InChI is InChI=1S/C15H25N3O4S/c1-11-16-15(9-17(11)2)23(19,20)18-7-8-22-10-13(18)12-5-4-6-14(12)21-3/h9,12-14H,4-8,10H2,1-3H3/t12-,13-,14+/m0/s1. The summed E-state index contributed by atoms with van der Waals surface area (Å²) < 4.78 is 40.6. The number of hydrogen-bond donors (Lipinski definition) is 0. The summed E-state index contributed by atoms with van der Waals surface area (Å²) >= 11 is 0. The maximum Gasteiger partial charge on any atom is 0.262 e. The molecule has 23 heavy (non-hydrogen) atoms. The summed E-state index contributed by atoms with van der Waals surface area (Å²) in [6, 6.07) is -0.177. The van der Waals surface area contributed by atoms with E-state index in [0.29, 0.717) is 25.6 Å². The topological polar surface area (TPSA) is 73.7 Å². The van der Waals surface area contributed by atoms with Gasteiger partial charge >= 0.3 is 0 Å². The molecule has 2 fully saturated rings. The molecule has 3 atom stereocenters. The molecule has 130 valence electrons. The van der Waals surface area contributed by atoms with Crippen molar-refractivity contribution >= 4 is 10.0 Å². The van der Waals surface area contributed by atoms with Gasteiger partial charge in [-0.2, -0.15) is 4.31 Å². The van der Waals surface area contributed by atoms with Crippen LogP contribution in [0, 0.1) is 12.8 Å². The van der Waals surface area contributed by atoms with E-state index >= 15 is 0 Å². The second-order valence-electron chi connectivity index (χ2n) is 6.36. The fourth-order valence-corrected chi connectivity index (χ4v) is 5.37. The van der Waals surface area contributed by atoms with Crippen LogP contribution in [0.5, 0.6) is 0 Å². The number of hydrogen-bond acceptors (Lipinski definition) is 5. The highest BCUT2D eigenvalue weighted by molar-refractivity contribution is 7.89. The van der Waals surface area contributed by atoms with Gasteiger partial charge in [0.15, 0.2) is 5.03 Å². The molecule has 0 N–H and O–H groups in total. The first-order valence-corrected chi connectivity index (χ1v) is 9.51. The fourth-order valence-electron chi connectivity index (χ4n) is 3.70. The first-order valence-electron chi connectivity index (χ1n) is 8.07. The monoisotopic (exact) mass is 343 g/mol. The van der Waals surface area contributed by atoms with E-state index in [1.807, 2.05) is 0 Å². The van der Waals surface area contributed by atoms with E-state index in [9.17, 15) is 8.42 Å². The summed E-state index contributed by atoms with van der Waals surface area (Å²) in [4.78, 5) is 4.22. The van der Waals surface area contributed by atoms with Gasteiger partial charge in [0, 0.05) is 32.8 Å². The molecular weight excluding hydrogens is 318 g/mol. The Labute approximate surface area is 137 Å². The van der Waals surface area contributed by atoms with Crippen LogP contribution in [0.3, 0.4) is 0 Å². The molecule has 0 radical (unpaired) electrons. The third kappa shape index (κ3) is 3.05. The van der Waals surface area contributed by atoms with Crippen molar-refractivity contribution in [3.63, 3.8) is 0 Å². The molecule has 0 unspecified atom stereocenters. The summed E-state index contributed by atoms with van der Waals surface area (Å²) in [5, 5.41) is 0.122. The van der Waals surface area contributed by atoms with Crippen molar-refractivity contribution in [2.45, 2.75) is 43.4 Å². The quantitative estimate of drug-likeness (QED) is 0.813. The normalized spacial score (nSPS) is 30.0. The predicted molar refractivity (Wildman–Crippen MR) is 84.6 cm³/mol. The van der Waals surface area contributed by atoms with Gasteiger partial charge in [0.1, 0.15) is 5.82 Å². The number of rotatable bonds is 4. The van der Waals surface area contributed by atoms with Crippen LogP contribution in [0.4, 0.5) is 0 Å². The molecule has 0 amide bonds. The number of sulfonamides is 1. The second kappa shape index (κ2) is 6.51. The van der Waals surface area contributed by atoms with Crippen LogP contribution < -0.4 is 0 Å². The minimum absolute atomic E-state index is 0.102. The van der Waals surface area contributed by atoms with Crippen LogP contribution in [0.15, 0.2) is 11.2 Å². The van der Waals surface area contributed by atoms with Crippen LogP contribution in [0.25, 0.3) is 0 Å². The van der Waals surface area contributed by atoms with Gasteiger partial charge in [0.05, 0.1) is 25.4 Å². The van der Waals surface area contributed by atoms with Gasteiger partial charge in [0.25, 0.3) is 10.0 Å². The van der Waals surface area contributed by atoms with Crippen molar-refractivity contribution in [2.75, 3.05) is 26.9 Å². The summed E-state index contributed by atoms with van der Waals surface area (Å²) in [6.45, 7) is 3.02. The van der Waals surface area contributed by atoms with E-state index in [-0.39, 0.29) is 23.1 Å². The SMILES string of the molecule is CO[C@@H]1CCC[C@H]1[C@@H]1COCCN1S(=O)(=O)c1cn(C)c(C)n1. The molecule has 1 aliphatic carbocycles. The van der Waals surface area contributed by atoms with E-state index in [0.717, 1.165) is 19.3 Å². The summed E-state index contributed by atoms with van der Waals surface area (Å²) in [5.41, 5.74) is 0. The lowest BCUT2D eigenvalue weighted by atomic mass is 9.96. The van der Waals surface area contributed by atoms with Gasteiger partial charge in [-0.25, -0.2) is 13.4 Å². The molecular formula is C15H25N3O4S. The van der Waals surface area contributed by atoms with Crippen molar-refractivity contribution in [3.8, 4) is 0 Å². The molecule has 1 saturated heterocycles. The van der Waals surface area contributed by atoms with Gasteiger partial charge < -0.3 is 14.0 Å². The highest BCUT2D eigenvalue weighted by atomic mass is 32.2. The second-order valence-corrected chi connectivity index (χ2v) is 8.20. The third-order valence-corrected chi connectivity index (χ3v) is 6.87. The van der Waals surface area contributed by atoms with E-state index in [1.165, 1.54) is 0 Å². The summed E-state index contributed by atoms with van der Waals surface area (Å²) in [7, 11) is -0.112. The fraction of sp³-hybridized carbons (Fsp3) is 0.800. The zero-order chi connectivity index (χ0) is 16.6. The Hall–Kier alpha value is -0.960. The third-order valence-electron chi connectivity index (χ3n) is 5.07. The van der Waals surface area contributed by atoms with Crippen LogP contribution in [0.2, 0.25) is 0 Å². The Morgan fingerprint density at radius 2 is 2.17 bits per heavy atom. The number of aryl methyl sites for hydroxylation is 2. The summed E-state index contributed by atoms with van der Waals surface area (Å²) in [5.74, 6) is 0.865. The molecule has 0 aromatic carbocycles. The molecule has 2 aliphatic rings. The highest BCUT2D eigenvalue weighted by Crippen LogP contribution is 2.35. The molecule has 3 rings (SSSR count). The van der Waals surface area contributed by atoms with Gasteiger partial charge in [-0.15, -0.1) is 0 Å². The molecule has 0 bridgehead atoms. The molecule has 1 aromatic heterocycles. The van der Waals surface area contributed by atoms with Gasteiger partial charge in [-0.3, -0.25) is 0 Å². The predicted octanol–water partition coefficient (Wildman–Crippen LogP) is 0.933. The van der Waals surface area contributed by atoms with Gasteiger partial charge in [0.2, 0.25) is 0 Å². The molecule has 1 saturated carbocycles. The van der Waals surface area contributed by atoms with Crippen LogP contribution in [-0.2, 0) is 26.5 Å². The minimum Gasteiger partial charge on any atom is -0.381 e. The maximum absolute atomic E-state index is 13.1. The zero-order valence-electron chi connectivity index (χ0n) is 13.9. The Bertz CT molecular complexity index is 638. The molecule has 0 spiro atoms. The highest BCUT2D eigenvalue weighted by Gasteiger charge is 2.44. The van der Waals surface area contributed by atoms with E-state index in [2.05, 4.69) is 4.98 Å². The van der Waals surface area contributed by atoms with Crippen molar-refractivity contribution < 1.29 is 17.9 Å². The van der Waals surface area contributed by atoms with Crippen LogP contribution in [0.1, 0.15) is 25.1 Å². The molecule has 8 heteroatoms. The number of imidazole rings is 1. The Morgan fingerprint density at radius 1 is 1.39 bits per heavy atom. The smallest absolute Gasteiger partial charge is 0.262 e. The number of morpholine rings is 1. The van der Waals surface area contributed by atoms with Crippen molar-refractivity contribution in [1.29, 1.82) is 0 Å². The number of methoxy groups -OCH3 is 1. The van der Waals surface area contributed by atoms with Crippen LogP contribution in [-0.4, -0.2) is 61.3 Å². The van der Waals surface area contributed by atoms with Crippen LogP contribution >= 0.6 is 0 Å². The average molecular weight is 343 g/mol. The van der Waals surface area contributed by atoms with Crippen molar-refractivity contribution in [3.05, 3.63) is 12.0 Å². The lowest BCUT2D eigenvalue weighted by Gasteiger charge is -2.39. The lowest BCUT2D eigenvalue weighted by molar-refractivity contribution is -0.0260. The maximum atomic E-state index is 13.1. The Balaban J connectivity index is 1.91. The summed E-state index contributed by atoms with van der Waals surface area (Å²) in [6.07, 6.45) is 4.70. The van der Waals surface area contributed by atoms with Crippen molar-refractivity contribution in [2.24, 2.45) is 13.0 Å². The Morgan fingerprint density at radius 3 is 2.83 bits per heavy atom. The lowest BCUT2D eigenvalue weighted by Crippen LogP contribution is -2.53. The molecule has 2 heterocycles. The first kappa shape index (κ1) is 16.9.